The summed E-state index contributed by atoms with van der Waals surface area (Å²) in [6.07, 6.45) is 1.30. The molecule has 2 aromatic carbocycles. The molecule has 0 aliphatic rings. The molecule has 8 heteroatoms. The Labute approximate surface area is 150 Å². The van der Waals surface area contributed by atoms with E-state index in [-0.39, 0.29) is 17.2 Å². The number of halogens is 1. The number of fused-ring (bicyclic) bond motifs is 1. The standard InChI is InChI=1S/C17H12BrN3O4/c1-10-6-11-8-12(25-16(11)15(7-10)21(23)24)9-19-20-17(22)13-4-2-3-5-14(13)18/h2-9H,1H3,(H,20,22)/b19-9+. The van der Waals surface area contributed by atoms with Crippen LogP contribution in [0.5, 0.6) is 0 Å². The van der Waals surface area contributed by atoms with Crippen LogP contribution < -0.4 is 5.43 Å². The van der Waals surface area contributed by atoms with Crippen LogP contribution in [0.3, 0.4) is 0 Å². The first kappa shape index (κ1) is 16.8. The van der Waals surface area contributed by atoms with E-state index >= 15 is 0 Å². The number of benzene rings is 2. The van der Waals surface area contributed by atoms with Crippen LogP contribution in [-0.2, 0) is 0 Å². The Morgan fingerprint density at radius 1 is 1.32 bits per heavy atom. The minimum Gasteiger partial charge on any atom is -0.448 e. The molecule has 7 nitrogen and oxygen atoms in total. The highest BCUT2D eigenvalue weighted by Gasteiger charge is 2.17. The van der Waals surface area contributed by atoms with Gasteiger partial charge in [0.2, 0.25) is 5.58 Å². The second-order valence-electron chi connectivity index (χ2n) is 5.29. The van der Waals surface area contributed by atoms with Gasteiger partial charge in [-0.25, -0.2) is 5.43 Å². The summed E-state index contributed by atoms with van der Waals surface area (Å²) in [5.74, 6) is -0.0854. The first-order valence-corrected chi connectivity index (χ1v) is 8.01. The summed E-state index contributed by atoms with van der Waals surface area (Å²) in [6, 6.07) is 11.8. The Balaban J connectivity index is 1.82. The maximum atomic E-state index is 12.0. The Hall–Kier alpha value is -3.00. The Bertz CT molecular complexity index is 1010. The van der Waals surface area contributed by atoms with Crippen LogP contribution >= 0.6 is 15.9 Å². The molecular formula is C17H12BrN3O4. The van der Waals surface area contributed by atoms with Crippen LogP contribution in [0, 0.1) is 17.0 Å². The van der Waals surface area contributed by atoms with Crippen molar-refractivity contribution in [3.05, 3.63) is 73.9 Å². The lowest BCUT2D eigenvalue weighted by Gasteiger charge is -2.01. The molecule has 0 bridgehead atoms. The minimum absolute atomic E-state index is 0.105. The first-order valence-electron chi connectivity index (χ1n) is 7.22. The summed E-state index contributed by atoms with van der Waals surface area (Å²) in [5.41, 5.74) is 3.65. The second-order valence-corrected chi connectivity index (χ2v) is 6.14. The zero-order chi connectivity index (χ0) is 18.0. The number of hydrogen-bond donors (Lipinski definition) is 1. The van der Waals surface area contributed by atoms with Crippen molar-refractivity contribution in [2.75, 3.05) is 0 Å². The zero-order valence-corrected chi connectivity index (χ0v) is 14.6. The van der Waals surface area contributed by atoms with Crippen molar-refractivity contribution >= 4 is 44.7 Å². The van der Waals surface area contributed by atoms with Gasteiger partial charge in [0.25, 0.3) is 5.91 Å². The number of amides is 1. The monoisotopic (exact) mass is 401 g/mol. The highest BCUT2D eigenvalue weighted by atomic mass is 79.9. The van der Waals surface area contributed by atoms with E-state index in [9.17, 15) is 14.9 Å². The highest BCUT2D eigenvalue weighted by Crippen LogP contribution is 2.29. The Morgan fingerprint density at radius 3 is 2.80 bits per heavy atom. The SMILES string of the molecule is Cc1cc([N+](=O)[O-])c2oc(/C=N/NC(=O)c3ccccc3Br)cc2c1. The fourth-order valence-electron chi connectivity index (χ4n) is 2.36. The molecule has 0 spiro atoms. The summed E-state index contributed by atoms with van der Waals surface area (Å²) >= 11 is 3.29. The van der Waals surface area contributed by atoms with E-state index in [0.29, 0.717) is 21.2 Å². The largest absolute Gasteiger partial charge is 0.448 e. The Kier molecular flexibility index (Phi) is 4.62. The summed E-state index contributed by atoms with van der Waals surface area (Å²) in [6.45, 7) is 1.77. The van der Waals surface area contributed by atoms with Crippen LogP contribution in [0.15, 0.2) is 56.5 Å². The van der Waals surface area contributed by atoms with E-state index in [1.807, 2.05) is 0 Å². The maximum absolute atomic E-state index is 12.0. The summed E-state index contributed by atoms with van der Waals surface area (Å²) < 4.78 is 6.13. The van der Waals surface area contributed by atoms with Gasteiger partial charge in [0.15, 0.2) is 0 Å². The van der Waals surface area contributed by atoms with E-state index < -0.39 is 4.92 Å². The number of nitro benzene ring substituents is 1. The quantitative estimate of drug-likeness (QED) is 0.402. The fourth-order valence-corrected chi connectivity index (χ4v) is 2.82. The topological polar surface area (TPSA) is 97.7 Å². The van der Waals surface area contributed by atoms with Crippen molar-refractivity contribution in [1.82, 2.24) is 5.43 Å². The van der Waals surface area contributed by atoms with E-state index in [1.54, 1.807) is 43.3 Å². The molecule has 1 heterocycles. The summed E-state index contributed by atoms with van der Waals surface area (Å²) in [7, 11) is 0. The van der Waals surface area contributed by atoms with Gasteiger partial charge < -0.3 is 4.42 Å². The van der Waals surface area contributed by atoms with Gasteiger partial charge in [0.1, 0.15) is 5.76 Å². The molecule has 1 N–H and O–H groups in total. The molecule has 0 aliphatic heterocycles. The number of rotatable bonds is 4. The molecular weight excluding hydrogens is 390 g/mol. The number of nitrogens with zero attached hydrogens (tertiary/aromatic N) is 2. The molecule has 0 aliphatic carbocycles. The molecule has 25 heavy (non-hydrogen) atoms. The van der Waals surface area contributed by atoms with Gasteiger partial charge in [0.05, 0.1) is 16.7 Å². The third-order valence-corrected chi connectivity index (χ3v) is 4.12. The molecule has 1 amide bonds. The molecule has 0 radical (unpaired) electrons. The van der Waals surface area contributed by atoms with Gasteiger partial charge in [-0.3, -0.25) is 14.9 Å². The van der Waals surface area contributed by atoms with E-state index in [1.165, 1.54) is 12.3 Å². The molecule has 1 aromatic heterocycles. The second kappa shape index (κ2) is 6.86. The van der Waals surface area contributed by atoms with Crippen molar-refractivity contribution in [2.24, 2.45) is 5.10 Å². The van der Waals surface area contributed by atoms with Crippen LogP contribution in [0.1, 0.15) is 21.7 Å². The minimum atomic E-state index is -0.492. The molecule has 0 fully saturated rings. The third-order valence-electron chi connectivity index (χ3n) is 3.43. The third kappa shape index (κ3) is 3.58. The van der Waals surface area contributed by atoms with Gasteiger partial charge in [-0.2, -0.15) is 5.10 Å². The number of nitrogens with one attached hydrogen (secondary N) is 1. The number of carbonyl (C=O) groups is 1. The molecule has 3 rings (SSSR count). The van der Waals surface area contributed by atoms with E-state index in [2.05, 4.69) is 26.5 Å². The van der Waals surface area contributed by atoms with E-state index in [4.69, 9.17) is 4.42 Å². The van der Waals surface area contributed by atoms with Crippen LogP contribution in [0.4, 0.5) is 5.69 Å². The van der Waals surface area contributed by atoms with Gasteiger partial charge in [-0.1, -0.05) is 12.1 Å². The predicted octanol–water partition coefficient (Wildman–Crippen LogP) is 4.18. The van der Waals surface area contributed by atoms with Gasteiger partial charge in [-0.05, 0) is 52.7 Å². The number of furan rings is 1. The first-order chi connectivity index (χ1) is 12.0. The van der Waals surface area contributed by atoms with Crippen molar-refractivity contribution in [2.45, 2.75) is 6.92 Å². The molecule has 0 saturated carbocycles. The Morgan fingerprint density at radius 2 is 2.08 bits per heavy atom. The number of hydrogen-bond acceptors (Lipinski definition) is 5. The lowest BCUT2D eigenvalue weighted by atomic mass is 10.1. The number of carbonyl (C=O) groups excluding carboxylic acids is 1. The maximum Gasteiger partial charge on any atom is 0.312 e. The number of nitro groups is 1. The fraction of sp³-hybridized carbons (Fsp3) is 0.0588. The summed E-state index contributed by atoms with van der Waals surface area (Å²) in [5, 5.41) is 15.6. The predicted molar refractivity (Wildman–Crippen MR) is 96.8 cm³/mol. The molecule has 0 saturated heterocycles. The zero-order valence-electron chi connectivity index (χ0n) is 13.0. The number of hydrazone groups is 1. The van der Waals surface area contributed by atoms with Crippen LogP contribution in [0.2, 0.25) is 0 Å². The van der Waals surface area contributed by atoms with Gasteiger partial charge in [-0.15, -0.1) is 0 Å². The molecule has 0 atom stereocenters. The lowest BCUT2D eigenvalue weighted by molar-refractivity contribution is -0.383. The number of non-ortho nitro benzene ring substituents is 1. The van der Waals surface area contributed by atoms with Crippen LogP contribution in [-0.4, -0.2) is 17.0 Å². The van der Waals surface area contributed by atoms with Crippen molar-refractivity contribution in [3.63, 3.8) is 0 Å². The van der Waals surface area contributed by atoms with Crippen molar-refractivity contribution in [3.8, 4) is 0 Å². The lowest BCUT2D eigenvalue weighted by Crippen LogP contribution is -2.17. The van der Waals surface area contributed by atoms with Crippen LogP contribution in [0.25, 0.3) is 11.0 Å². The van der Waals surface area contributed by atoms with Gasteiger partial charge in [0, 0.05) is 15.9 Å². The average molecular weight is 402 g/mol. The molecule has 3 aromatic rings. The number of aryl methyl sites for hydroxylation is 1. The van der Waals surface area contributed by atoms with E-state index in [0.717, 1.165) is 5.56 Å². The smallest absolute Gasteiger partial charge is 0.312 e. The van der Waals surface area contributed by atoms with Crippen molar-refractivity contribution in [1.29, 1.82) is 0 Å². The van der Waals surface area contributed by atoms with Gasteiger partial charge >= 0.3 is 5.69 Å². The average Bonchev–Trinajstić information content (AvgIpc) is 2.96. The van der Waals surface area contributed by atoms with Crippen molar-refractivity contribution < 1.29 is 14.1 Å². The summed E-state index contributed by atoms with van der Waals surface area (Å²) in [4.78, 5) is 22.7. The highest BCUT2D eigenvalue weighted by molar-refractivity contribution is 9.10. The molecule has 0 unspecified atom stereocenters. The normalized spacial score (nSPS) is 11.1. The molecule has 126 valence electrons.